The van der Waals surface area contributed by atoms with Crippen molar-refractivity contribution in [3.05, 3.63) is 77.9 Å². The fourth-order valence-electron chi connectivity index (χ4n) is 3.95. The monoisotopic (exact) mass is 414 g/mol. The molecule has 2 aliphatic heterocycles. The van der Waals surface area contributed by atoms with E-state index in [0.29, 0.717) is 36.8 Å². The van der Waals surface area contributed by atoms with Crippen molar-refractivity contribution in [2.45, 2.75) is 17.5 Å². The largest absolute Gasteiger partial charge is 0.486 e. The molecule has 0 unspecified atom stereocenters. The van der Waals surface area contributed by atoms with Crippen LogP contribution in [0, 0.1) is 5.82 Å². The minimum Gasteiger partial charge on any atom is -0.486 e. The van der Waals surface area contributed by atoms with Gasteiger partial charge in [-0.05, 0) is 30.3 Å². The predicted octanol–water partition coefficient (Wildman–Crippen LogP) is 3.19. The second-order valence-electron chi connectivity index (χ2n) is 6.97. The van der Waals surface area contributed by atoms with Crippen molar-refractivity contribution in [2.75, 3.05) is 19.8 Å². The molecule has 0 saturated carbocycles. The van der Waals surface area contributed by atoms with Crippen LogP contribution in [0.5, 0.6) is 11.5 Å². The van der Waals surface area contributed by atoms with Gasteiger partial charge < -0.3 is 14.0 Å². The van der Waals surface area contributed by atoms with Gasteiger partial charge in [-0.15, -0.1) is 0 Å². The zero-order valence-electron chi connectivity index (χ0n) is 15.5. The molecule has 3 aromatic rings. The third-order valence-corrected chi connectivity index (χ3v) is 7.17. The molecule has 0 amide bonds. The van der Waals surface area contributed by atoms with Crippen molar-refractivity contribution in [2.24, 2.45) is 0 Å². The number of fused-ring (bicyclic) bond motifs is 2. The van der Waals surface area contributed by atoms with Crippen molar-refractivity contribution in [1.29, 1.82) is 0 Å². The Kier molecular flexibility index (Phi) is 4.33. The standard InChI is InChI=1S/C21H19FN2O4S/c22-17-5-2-1-4-16(17)21-18-6-3-9-23(18)10-11-24(21)29(25,26)15-7-8-19-20(14-15)28-13-12-27-19/h1-9,14,21H,10-13H2/t21-/m1/s1. The molecule has 0 bridgehead atoms. The molecule has 0 radical (unpaired) electrons. The summed E-state index contributed by atoms with van der Waals surface area (Å²) in [5.74, 6) is 0.489. The molecule has 150 valence electrons. The molecule has 0 spiro atoms. The second kappa shape index (κ2) is 6.89. The highest BCUT2D eigenvalue weighted by molar-refractivity contribution is 7.89. The van der Waals surface area contributed by atoms with Crippen LogP contribution < -0.4 is 9.47 Å². The van der Waals surface area contributed by atoms with Crippen molar-refractivity contribution in [3.8, 4) is 11.5 Å². The maximum absolute atomic E-state index is 14.7. The van der Waals surface area contributed by atoms with Gasteiger partial charge in [0.2, 0.25) is 10.0 Å². The first-order chi connectivity index (χ1) is 14.1. The summed E-state index contributed by atoms with van der Waals surface area (Å²) in [5, 5.41) is 0. The van der Waals surface area contributed by atoms with Gasteiger partial charge >= 0.3 is 0 Å². The van der Waals surface area contributed by atoms with Crippen LogP contribution in [0.2, 0.25) is 0 Å². The third kappa shape index (κ3) is 2.99. The smallest absolute Gasteiger partial charge is 0.244 e. The number of benzene rings is 2. The first-order valence-corrected chi connectivity index (χ1v) is 10.8. The Morgan fingerprint density at radius 3 is 2.55 bits per heavy atom. The summed E-state index contributed by atoms with van der Waals surface area (Å²) in [6.07, 6.45) is 1.89. The molecular weight excluding hydrogens is 395 g/mol. The van der Waals surface area contributed by atoms with Crippen LogP contribution in [-0.2, 0) is 16.6 Å². The van der Waals surface area contributed by atoms with Crippen LogP contribution in [0.4, 0.5) is 4.39 Å². The summed E-state index contributed by atoms with van der Waals surface area (Å²) in [5.41, 5.74) is 1.07. The Labute approximate surface area is 168 Å². The van der Waals surface area contributed by atoms with E-state index in [1.165, 1.54) is 22.5 Å². The summed E-state index contributed by atoms with van der Waals surface area (Å²) < 4.78 is 56.3. The number of hydrogen-bond acceptors (Lipinski definition) is 4. The first kappa shape index (κ1) is 18.2. The molecule has 3 heterocycles. The molecular formula is C21H19FN2O4S. The number of sulfonamides is 1. The number of nitrogens with zero attached hydrogens (tertiary/aromatic N) is 2. The van der Waals surface area contributed by atoms with Gasteiger partial charge in [-0.3, -0.25) is 0 Å². The number of halogens is 1. The van der Waals surface area contributed by atoms with Gasteiger partial charge in [0.1, 0.15) is 19.0 Å². The van der Waals surface area contributed by atoms with Crippen molar-refractivity contribution in [3.63, 3.8) is 0 Å². The van der Waals surface area contributed by atoms with Gasteiger partial charge in [0.05, 0.1) is 10.9 Å². The molecule has 2 aliphatic rings. The maximum Gasteiger partial charge on any atom is 0.244 e. The lowest BCUT2D eigenvalue weighted by Gasteiger charge is -2.36. The summed E-state index contributed by atoms with van der Waals surface area (Å²) in [7, 11) is -3.91. The molecule has 6 nitrogen and oxygen atoms in total. The molecule has 0 aliphatic carbocycles. The molecule has 8 heteroatoms. The number of rotatable bonds is 3. The summed E-state index contributed by atoms with van der Waals surface area (Å²) in [6.45, 7) is 1.53. The lowest BCUT2D eigenvalue weighted by Crippen LogP contribution is -2.42. The Hall–Kier alpha value is -2.84. The summed E-state index contributed by atoms with van der Waals surface area (Å²) in [6, 6.07) is 13.8. The van der Waals surface area contributed by atoms with E-state index in [-0.39, 0.29) is 11.4 Å². The highest BCUT2D eigenvalue weighted by Crippen LogP contribution is 2.39. The second-order valence-corrected chi connectivity index (χ2v) is 8.86. The molecule has 1 atom stereocenters. The van der Waals surface area contributed by atoms with Gasteiger partial charge in [-0.2, -0.15) is 4.31 Å². The average Bonchev–Trinajstić information content (AvgIpc) is 3.22. The third-order valence-electron chi connectivity index (χ3n) is 5.31. The van der Waals surface area contributed by atoms with E-state index in [1.807, 2.05) is 22.9 Å². The molecule has 0 fully saturated rings. The van der Waals surface area contributed by atoms with Gasteiger partial charge in [0.15, 0.2) is 11.5 Å². The Balaban J connectivity index is 1.63. The molecule has 2 aromatic carbocycles. The lowest BCUT2D eigenvalue weighted by atomic mass is 10.0. The molecule has 5 rings (SSSR count). The topological polar surface area (TPSA) is 60.8 Å². The quantitative estimate of drug-likeness (QED) is 0.661. The van der Waals surface area contributed by atoms with E-state index in [4.69, 9.17) is 9.47 Å². The number of aromatic nitrogens is 1. The Morgan fingerprint density at radius 2 is 1.72 bits per heavy atom. The first-order valence-electron chi connectivity index (χ1n) is 9.37. The average molecular weight is 414 g/mol. The zero-order chi connectivity index (χ0) is 20.0. The van der Waals surface area contributed by atoms with Crippen LogP contribution in [0.1, 0.15) is 17.3 Å². The van der Waals surface area contributed by atoms with E-state index in [0.717, 1.165) is 5.69 Å². The molecule has 29 heavy (non-hydrogen) atoms. The summed E-state index contributed by atoms with van der Waals surface area (Å²) >= 11 is 0. The van der Waals surface area contributed by atoms with E-state index < -0.39 is 21.9 Å². The fraction of sp³-hybridized carbons (Fsp3) is 0.238. The number of hydrogen-bond donors (Lipinski definition) is 0. The maximum atomic E-state index is 14.7. The van der Waals surface area contributed by atoms with Crippen molar-refractivity contribution < 1.29 is 22.3 Å². The van der Waals surface area contributed by atoms with Crippen LogP contribution in [0.3, 0.4) is 0 Å². The fourth-order valence-corrected chi connectivity index (χ4v) is 5.54. The lowest BCUT2D eigenvalue weighted by molar-refractivity contribution is 0.171. The van der Waals surface area contributed by atoms with E-state index >= 15 is 0 Å². The highest BCUT2D eigenvalue weighted by Gasteiger charge is 2.39. The molecule has 0 N–H and O–H groups in total. The van der Waals surface area contributed by atoms with Gasteiger partial charge in [-0.1, -0.05) is 18.2 Å². The Bertz CT molecular complexity index is 1170. The van der Waals surface area contributed by atoms with E-state index in [9.17, 15) is 12.8 Å². The molecule has 0 saturated heterocycles. The van der Waals surface area contributed by atoms with Crippen LogP contribution in [0.15, 0.2) is 65.7 Å². The van der Waals surface area contributed by atoms with E-state index in [1.54, 1.807) is 24.3 Å². The number of ether oxygens (including phenoxy) is 2. The van der Waals surface area contributed by atoms with Crippen LogP contribution >= 0.6 is 0 Å². The highest BCUT2D eigenvalue weighted by atomic mass is 32.2. The van der Waals surface area contributed by atoms with Crippen molar-refractivity contribution in [1.82, 2.24) is 8.87 Å². The van der Waals surface area contributed by atoms with Gasteiger partial charge in [0.25, 0.3) is 0 Å². The zero-order valence-corrected chi connectivity index (χ0v) is 16.3. The predicted molar refractivity (Wildman–Crippen MR) is 104 cm³/mol. The van der Waals surface area contributed by atoms with Crippen molar-refractivity contribution >= 4 is 10.0 Å². The van der Waals surface area contributed by atoms with Gasteiger partial charge in [-0.25, -0.2) is 12.8 Å². The SMILES string of the molecule is O=S(=O)(c1ccc2c(c1)OCCO2)N1CCn2cccc2[C@H]1c1ccccc1F. The minimum atomic E-state index is -3.91. The van der Waals surface area contributed by atoms with Crippen LogP contribution in [-0.4, -0.2) is 37.0 Å². The van der Waals surface area contributed by atoms with E-state index in [2.05, 4.69) is 0 Å². The molecule has 1 aromatic heterocycles. The van der Waals surface area contributed by atoms with Gasteiger partial charge in [0, 0.05) is 36.6 Å². The van der Waals surface area contributed by atoms with Crippen LogP contribution in [0.25, 0.3) is 0 Å². The minimum absolute atomic E-state index is 0.100. The Morgan fingerprint density at radius 1 is 0.931 bits per heavy atom. The normalized spacial score (nSPS) is 19.0. The summed E-state index contributed by atoms with van der Waals surface area (Å²) in [4.78, 5) is 0.100.